The summed E-state index contributed by atoms with van der Waals surface area (Å²) < 4.78 is 13.2. The van der Waals surface area contributed by atoms with Crippen molar-refractivity contribution >= 4 is 0 Å². The molecular weight excluding hydrogens is 287 g/mol. The third-order valence-electron chi connectivity index (χ3n) is 3.74. The molecule has 0 aliphatic carbocycles. The third-order valence-corrected chi connectivity index (χ3v) is 3.74. The van der Waals surface area contributed by atoms with E-state index in [2.05, 4.69) is 11.9 Å². The second-order valence-electron chi connectivity index (χ2n) is 5.54. The highest BCUT2D eigenvalue weighted by Crippen LogP contribution is 2.23. The van der Waals surface area contributed by atoms with Gasteiger partial charge in [-0.3, -0.25) is 0 Å². The number of hydrogen-bond acceptors (Lipinski definition) is 2. The van der Waals surface area contributed by atoms with Crippen LogP contribution in [0.25, 0.3) is 22.6 Å². The van der Waals surface area contributed by atoms with Gasteiger partial charge >= 0.3 is 0 Å². The van der Waals surface area contributed by atoms with Crippen molar-refractivity contribution in [3.8, 4) is 22.6 Å². The van der Waals surface area contributed by atoms with Gasteiger partial charge in [0, 0.05) is 16.8 Å². The van der Waals surface area contributed by atoms with Crippen LogP contribution in [0.2, 0.25) is 0 Å². The van der Waals surface area contributed by atoms with Crippen molar-refractivity contribution in [3.63, 3.8) is 0 Å². The lowest BCUT2D eigenvalue weighted by atomic mass is 10.1. The normalized spacial score (nSPS) is 10.7. The molecule has 1 heterocycles. The lowest BCUT2D eigenvalue weighted by Crippen LogP contribution is -1.98. The Hall–Kier alpha value is -2.55. The first-order valence-corrected chi connectivity index (χ1v) is 7.95. The van der Waals surface area contributed by atoms with Gasteiger partial charge in [0.15, 0.2) is 5.82 Å². The highest BCUT2D eigenvalue weighted by molar-refractivity contribution is 5.64. The summed E-state index contributed by atoms with van der Waals surface area (Å²) in [5, 5.41) is 0. The first kappa shape index (κ1) is 15.3. The van der Waals surface area contributed by atoms with Crippen LogP contribution >= 0.6 is 0 Å². The van der Waals surface area contributed by atoms with Gasteiger partial charge in [-0.25, -0.2) is 14.4 Å². The molecule has 0 unspecified atom stereocenters. The molecule has 3 heteroatoms. The van der Waals surface area contributed by atoms with E-state index in [0.29, 0.717) is 0 Å². The third kappa shape index (κ3) is 3.81. The van der Waals surface area contributed by atoms with E-state index in [1.165, 1.54) is 12.1 Å². The Kier molecular flexibility index (Phi) is 4.77. The van der Waals surface area contributed by atoms with Crippen molar-refractivity contribution in [1.82, 2.24) is 9.97 Å². The number of aromatic nitrogens is 2. The van der Waals surface area contributed by atoms with Gasteiger partial charge in [-0.05, 0) is 43.2 Å². The molecule has 23 heavy (non-hydrogen) atoms. The molecule has 3 aromatic rings. The molecule has 2 aromatic carbocycles. The molecule has 0 atom stereocenters. The Morgan fingerprint density at radius 3 is 2.30 bits per heavy atom. The number of halogens is 1. The summed E-state index contributed by atoms with van der Waals surface area (Å²) in [6, 6.07) is 18.4. The minimum absolute atomic E-state index is 0.239. The summed E-state index contributed by atoms with van der Waals surface area (Å²) in [4.78, 5) is 9.38. The molecule has 0 spiro atoms. The first-order valence-electron chi connectivity index (χ1n) is 7.95. The summed E-state index contributed by atoms with van der Waals surface area (Å²) in [6.45, 7) is 2.17. The fraction of sp³-hybridized carbons (Fsp3) is 0.200. The van der Waals surface area contributed by atoms with Gasteiger partial charge in [0.2, 0.25) is 0 Å². The Labute approximate surface area is 136 Å². The van der Waals surface area contributed by atoms with Crippen LogP contribution in [-0.4, -0.2) is 9.97 Å². The van der Waals surface area contributed by atoms with Crippen LogP contribution in [0.3, 0.4) is 0 Å². The molecule has 0 amide bonds. The van der Waals surface area contributed by atoms with Crippen LogP contribution in [0.1, 0.15) is 25.5 Å². The van der Waals surface area contributed by atoms with Crippen LogP contribution in [0.4, 0.5) is 4.39 Å². The van der Waals surface area contributed by atoms with E-state index in [1.807, 2.05) is 36.4 Å². The van der Waals surface area contributed by atoms with Crippen molar-refractivity contribution in [3.05, 3.63) is 72.2 Å². The van der Waals surface area contributed by atoms with Gasteiger partial charge in [-0.15, -0.1) is 0 Å². The van der Waals surface area contributed by atoms with E-state index in [1.54, 1.807) is 12.1 Å². The van der Waals surface area contributed by atoms with Gasteiger partial charge in [0.05, 0.1) is 5.69 Å². The standard InChI is InChI=1S/C20H19FN2/c1-2-3-9-18-14-19(15-10-12-17(21)13-11-15)23-20(22-18)16-7-5-4-6-8-16/h4-8,10-14H,2-3,9H2,1H3. The molecule has 0 aliphatic heterocycles. The summed E-state index contributed by atoms with van der Waals surface area (Å²) >= 11 is 0. The van der Waals surface area contributed by atoms with E-state index in [9.17, 15) is 4.39 Å². The monoisotopic (exact) mass is 306 g/mol. The van der Waals surface area contributed by atoms with Crippen molar-refractivity contribution in [2.45, 2.75) is 26.2 Å². The molecule has 0 bridgehead atoms. The average Bonchev–Trinajstić information content (AvgIpc) is 2.61. The summed E-state index contributed by atoms with van der Waals surface area (Å²) in [7, 11) is 0. The topological polar surface area (TPSA) is 25.8 Å². The molecule has 0 radical (unpaired) electrons. The van der Waals surface area contributed by atoms with Crippen LogP contribution < -0.4 is 0 Å². The minimum atomic E-state index is -0.239. The zero-order valence-electron chi connectivity index (χ0n) is 13.2. The smallest absolute Gasteiger partial charge is 0.160 e. The molecule has 0 N–H and O–H groups in total. The lowest BCUT2D eigenvalue weighted by molar-refractivity contribution is 0.628. The van der Waals surface area contributed by atoms with Crippen molar-refractivity contribution in [2.24, 2.45) is 0 Å². The predicted octanol–water partition coefficient (Wildman–Crippen LogP) is 5.29. The van der Waals surface area contributed by atoms with E-state index >= 15 is 0 Å². The highest BCUT2D eigenvalue weighted by Gasteiger charge is 2.08. The second kappa shape index (κ2) is 7.14. The second-order valence-corrected chi connectivity index (χ2v) is 5.54. The highest BCUT2D eigenvalue weighted by atomic mass is 19.1. The summed E-state index contributed by atoms with van der Waals surface area (Å²) in [6.07, 6.45) is 3.14. The van der Waals surface area contributed by atoms with E-state index in [4.69, 9.17) is 4.98 Å². The zero-order valence-corrected chi connectivity index (χ0v) is 13.2. The Morgan fingerprint density at radius 1 is 0.870 bits per heavy atom. The van der Waals surface area contributed by atoms with E-state index < -0.39 is 0 Å². The fourth-order valence-electron chi connectivity index (χ4n) is 2.47. The van der Waals surface area contributed by atoms with Crippen molar-refractivity contribution in [2.75, 3.05) is 0 Å². The number of benzene rings is 2. The van der Waals surface area contributed by atoms with Gasteiger partial charge in [0.1, 0.15) is 5.82 Å². The summed E-state index contributed by atoms with van der Waals surface area (Å²) in [5.41, 5.74) is 3.77. The molecule has 0 aliphatic rings. The molecule has 0 saturated carbocycles. The number of aryl methyl sites for hydroxylation is 1. The van der Waals surface area contributed by atoms with Gasteiger partial charge in [0.25, 0.3) is 0 Å². The molecule has 116 valence electrons. The molecule has 0 saturated heterocycles. The van der Waals surface area contributed by atoms with Crippen LogP contribution in [0, 0.1) is 5.82 Å². The Bertz CT molecular complexity index is 767. The molecular formula is C20H19FN2. The van der Waals surface area contributed by atoms with Crippen LogP contribution in [-0.2, 0) is 6.42 Å². The number of hydrogen-bond donors (Lipinski definition) is 0. The minimum Gasteiger partial charge on any atom is -0.233 e. The van der Waals surface area contributed by atoms with Crippen LogP contribution in [0.5, 0.6) is 0 Å². The maximum atomic E-state index is 13.2. The SMILES string of the molecule is CCCCc1cc(-c2ccc(F)cc2)nc(-c2ccccc2)n1. The Balaban J connectivity index is 2.06. The number of nitrogens with zero attached hydrogens (tertiary/aromatic N) is 2. The summed E-state index contributed by atoms with van der Waals surface area (Å²) in [5.74, 6) is 0.482. The molecule has 0 fully saturated rings. The average molecular weight is 306 g/mol. The molecule has 2 nitrogen and oxygen atoms in total. The molecule has 3 rings (SSSR count). The Morgan fingerprint density at radius 2 is 1.61 bits per heavy atom. The van der Waals surface area contributed by atoms with E-state index in [0.717, 1.165) is 47.6 Å². The quantitative estimate of drug-likeness (QED) is 0.640. The number of unbranched alkanes of at least 4 members (excludes halogenated alkanes) is 1. The van der Waals surface area contributed by atoms with Crippen molar-refractivity contribution in [1.29, 1.82) is 0 Å². The lowest BCUT2D eigenvalue weighted by Gasteiger charge is -2.08. The maximum Gasteiger partial charge on any atom is 0.160 e. The van der Waals surface area contributed by atoms with Crippen molar-refractivity contribution < 1.29 is 4.39 Å². The first-order chi connectivity index (χ1) is 11.3. The van der Waals surface area contributed by atoms with E-state index in [-0.39, 0.29) is 5.82 Å². The van der Waals surface area contributed by atoms with Gasteiger partial charge in [-0.1, -0.05) is 43.7 Å². The predicted molar refractivity (Wildman–Crippen MR) is 91.5 cm³/mol. The van der Waals surface area contributed by atoms with Gasteiger partial charge in [-0.2, -0.15) is 0 Å². The largest absolute Gasteiger partial charge is 0.233 e. The zero-order chi connectivity index (χ0) is 16.1. The maximum absolute atomic E-state index is 13.2. The fourth-order valence-corrected chi connectivity index (χ4v) is 2.47. The van der Waals surface area contributed by atoms with Gasteiger partial charge < -0.3 is 0 Å². The molecule has 1 aromatic heterocycles. The number of rotatable bonds is 5. The van der Waals surface area contributed by atoms with Crippen LogP contribution in [0.15, 0.2) is 60.7 Å².